The highest BCUT2D eigenvalue weighted by Gasteiger charge is 2.22. The van der Waals surface area contributed by atoms with E-state index in [2.05, 4.69) is 0 Å². The molecule has 0 radical (unpaired) electrons. The van der Waals surface area contributed by atoms with Crippen molar-refractivity contribution in [3.63, 3.8) is 0 Å². The van der Waals surface area contributed by atoms with Gasteiger partial charge in [-0.05, 0) is 13.3 Å². The van der Waals surface area contributed by atoms with Crippen molar-refractivity contribution in [2.24, 2.45) is 0 Å². The molecule has 0 saturated carbocycles. The Kier molecular flexibility index (Phi) is 3.02. The van der Waals surface area contributed by atoms with Gasteiger partial charge in [-0.2, -0.15) is 0 Å². The van der Waals surface area contributed by atoms with Gasteiger partial charge < -0.3 is 0 Å². The van der Waals surface area contributed by atoms with Crippen LogP contribution < -0.4 is 0 Å². The van der Waals surface area contributed by atoms with E-state index in [-0.39, 0.29) is 5.78 Å². The van der Waals surface area contributed by atoms with E-state index in [4.69, 9.17) is 0 Å². The summed E-state index contributed by atoms with van der Waals surface area (Å²) < 4.78 is 21.6. The highest BCUT2D eigenvalue weighted by Crippen LogP contribution is 2.04. The Hall–Kier alpha value is -0.380. The highest BCUT2D eigenvalue weighted by molar-refractivity contribution is 7.92. The zero-order chi connectivity index (χ0) is 8.36. The molecule has 0 aromatic rings. The average Bonchev–Trinajstić information content (AvgIpc) is 1.60. The molecule has 0 saturated heterocycles. The molecule has 3 nitrogen and oxygen atoms in total. The van der Waals surface area contributed by atoms with Crippen LogP contribution in [-0.2, 0) is 14.6 Å². The molecule has 60 valence electrons. The minimum Gasteiger partial charge on any atom is -0.299 e. The van der Waals surface area contributed by atoms with Crippen LogP contribution in [0.4, 0.5) is 0 Å². The summed E-state index contributed by atoms with van der Waals surface area (Å²) in [6.45, 7) is 2.99. The second kappa shape index (κ2) is 3.14. The summed E-state index contributed by atoms with van der Waals surface area (Å²) in [6.07, 6.45) is 1.46. The molecule has 1 atom stereocenters. The van der Waals surface area contributed by atoms with Crippen molar-refractivity contribution in [1.82, 2.24) is 0 Å². The Balaban J connectivity index is 4.55. The molecular weight excluding hydrogens is 152 g/mol. The topological polar surface area (TPSA) is 51.2 Å². The number of carbonyl (C=O) groups is 1. The Labute approximate surface area is 61.4 Å². The number of hydrogen-bond donors (Lipinski definition) is 0. The number of rotatable bonds is 3. The van der Waals surface area contributed by atoms with Crippen molar-refractivity contribution in [1.29, 1.82) is 0 Å². The van der Waals surface area contributed by atoms with E-state index in [1.165, 1.54) is 6.92 Å². The van der Waals surface area contributed by atoms with E-state index >= 15 is 0 Å². The first-order valence-electron chi connectivity index (χ1n) is 3.09. The van der Waals surface area contributed by atoms with Crippen LogP contribution in [0.1, 0.15) is 20.3 Å². The van der Waals surface area contributed by atoms with Gasteiger partial charge >= 0.3 is 0 Å². The third-order valence-electron chi connectivity index (χ3n) is 1.34. The minimum atomic E-state index is -3.16. The molecule has 0 bridgehead atoms. The van der Waals surface area contributed by atoms with Crippen LogP contribution in [0, 0.1) is 0 Å². The Bertz CT molecular complexity index is 215. The summed E-state index contributed by atoms with van der Waals surface area (Å²) in [5.74, 6) is -0.273. The van der Waals surface area contributed by atoms with Crippen molar-refractivity contribution >= 4 is 15.6 Å². The van der Waals surface area contributed by atoms with Crippen LogP contribution >= 0.6 is 0 Å². The predicted octanol–water partition coefficient (Wildman–Crippen LogP) is 0.399. The molecule has 0 aliphatic rings. The standard InChI is InChI=1S/C6H12O3S/c1-4-6(5(2)7)10(3,8)9/h6H,4H2,1-3H3/t6-/m1/s1. The van der Waals surface area contributed by atoms with Gasteiger partial charge in [-0.3, -0.25) is 4.79 Å². The van der Waals surface area contributed by atoms with Crippen molar-refractivity contribution in [3.8, 4) is 0 Å². The molecule has 0 aliphatic carbocycles. The molecule has 0 fully saturated rings. The fraction of sp³-hybridized carbons (Fsp3) is 0.833. The number of sulfone groups is 1. The maximum absolute atomic E-state index is 10.8. The second-order valence-corrected chi connectivity index (χ2v) is 4.57. The van der Waals surface area contributed by atoms with Gasteiger partial charge in [-0.1, -0.05) is 6.92 Å². The van der Waals surface area contributed by atoms with Crippen molar-refractivity contribution in [3.05, 3.63) is 0 Å². The van der Waals surface area contributed by atoms with Crippen LogP contribution in [0.15, 0.2) is 0 Å². The van der Waals surface area contributed by atoms with Crippen molar-refractivity contribution in [2.75, 3.05) is 6.26 Å². The van der Waals surface area contributed by atoms with Gasteiger partial charge in [0.15, 0.2) is 9.84 Å². The summed E-state index contributed by atoms with van der Waals surface area (Å²) in [4.78, 5) is 10.6. The molecule has 0 spiro atoms. The lowest BCUT2D eigenvalue weighted by Gasteiger charge is -2.06. The highest BCUT2D eigenvalue weighted by atomic mass is 32.2. The lowest BCUT2D eigenvalue weighted by atomic mass is 10.2. The zero-order valence-electron chi connectivity index (χ0n) is 6.42. The normalized spacial score (nSPS) is 14.7. The van der Waals surface area contributed by atoms with Crippen molar-refractivity contribution < 1.29 is 13.2 Å². The molecule has 0 heterocycles. The predicted molar refractivity (Wildman–Crippen MR) is 39.6 cm³/mol. The summed E-state index contributed by atoms with van der Waals surface area (Å²) in [5.41, 5.74) is 0. The molecular formula is C6H12O3S. The van der Waals surface area contributed by atoms with Gasteiger partial charge in [0, 0.05) is 6.26 Å². The zero-order valence-corrected chi connectivity index (χ0v) is 7.23. The molecule has 0 N–H and O–H groups in total. The van der Waals surface area contributed by atoms with Gasteiger partial charge in [-0.15, -0.1) is 0 Å². The Morgan fingerprint density at radius 3 is 1.90 bits per heavy atom. The molecule has 0 rings (SSSR count). The molecule has 0 amide bonds. The SMILES string of the molecule is CC[C@H](C(C)=O)S(C)(=O)=O. The average molecular weight is 164 g/mol. The van der Waals surface area contributed by atoms with Crippen LogP contribution in [0.2, 0.25) is 0 Å². The van der Waals surface area contributed by atoms with Gasteiger partial charge in [0.25, 0.3) is 0 Å². The van der Waals surface area contributed by atoms with Crippen molar-refractivity contribution in [2.45, 2.75) is 25.5 Å². The van der Waals surface area contributed by atoms with E-state index < -0.39 is 15.1 Å². The smallest absolute Gasteiger partial charge is 0.157 e. The summed E-state index contributed by atoms with van der Waals surface area (Å²) in [6, 6.07) is 0. The quantitative estimate of drug-likeness (QED) is 0.606. The van der Waals surface area contributed by atoms with E-state index in [9.17, 15) is 13.2 Å². The largest absolute Gasteiger partial charge is 0.299 e. The molecule has 4 heteroatoms. The maximum Gasteiger partial charge on any atom is 0.157 e. The third kappa shape index (κ3) is 2.47. The Morgan fingerprint density at radius 1 is 1.50 bits per heavy atom. The van der Waals surface area contributed by atoms with E-state index in [1.807, 2.05) is 0 Å². The number of hydrogen-bond acceptors (Lipinski definition) is 3. The first-order chi connectivity index (χ1) is 4.39. The lowest BCUT2D eigenvalue weighted by Crippen LogP contribution is -2.26. The number of Topliss-reactive ketones (excluding diaryl/α,β-unsaturated/α-hetero) is 1. The molecule has 0 aromatic carbocycles. The fourth-order valence-corrected chi connectivity index (χ4v) is 2.10. The monoisotopic (exact) mass is 164 g/mol. The molecule has 0 aromatic heterocycles. The maximum atomic E-state index is 10.8. The number of ketones is 1. The third-order valence-corrected chi connectivity index (χ3v) is 3.04. The molecule has 10 heavy (non-hydrogen) atoms. The van der Waals surface area contributed by atoms with Gasteiger partial charge in [0.05, 0.1) is 0 Å². The summed E-state index contributed by atoms with van der Waals surface area (Å²) in [5, 5.41) is -0.799. The lowest BCUT2D eigenvalue weighted by molar-refractivity contribution is -0.116. The van der Waals surface area contributed by atoms with Crippen LogP contribution in [0.5, 0.6) is 0 Å². The summed E-state index contributed by atoms with van der Waals surface area (Å²) in [7, 11) is -3.16. The first kappa shape index (κ1) is 9.62. The Morgan fingerprint density at radius 2 is 1.90 bits per heavy atom. The van der Waals surface area contributed by atoms with Gasteiger partial charge in [0.2, 0.25) is 0 Å². The minimum absolute atomic E-state index is 0.273. The van der Waals surface area contributed by atoms with E-state index in [0.29, 0.717) is 6.42 Å². The molecule has 0 unspecified atom stereocenters. The second-order valence-electron chi connectivity index (χ2n) is 2.34. The van der Waals surface area contributed by atoms with E-state index in [0.717, 1.165) is 6.26 Å². The van der Waals surface area contributed by atoms with Crippen LogP contribution in [0.3, 0.4) is 0 Å². The van der Waals surface area contributed by atoms with Gasteiger partial charge in [0.1, 0.15) is 11.0 Å². The van der Waals surface area contributed by atoms with E-state index in [1.54, 1.807) is 6.92 Å². The van der Waals surface area contributed by atoms with Gasteiger partial charge in [-0.25, -0.2) is 8.42 Å². The van der Waals surface area contributed by atoms with Crippen LogP contribution in [-0.4, -0.2) is 25.7 Å². The summed E-state index contributed by atoms with van der Waals surface area (Å²) >= 11 is 0. The first-order valence-corrected chi connectivity index (χ1v) is 5.04. The van der Waals surface area contributed by atoms with Crippen LogP contribution in [0.25, 0.3) is 0 Å². The fourth-order valence-electron chi connectivity index (χ4n) is 0.892. The number of carbonyl (C=O) groups excluding carboxylic acids is 1. The molecule has 0 aliphatic heterocycles.